The molecule has 0 fully saturated rings. The van der Waals surface area contributed by atoms with Crippen molar-refractivity contribution in [3.8, 4) is 5.75 Å². The number of carbonyl (C=O) groups is 1. The van der Waals surface area contributed by atoms with Crippen LogP contribution in [0, 0.1) is 0 Å². The first-order chi connectivity index (χ1) is 15.0. The Morgan fingerprint density at radius 2 is 1.64 bits per heavy atom. The van der Waals surface area contributed by atoms with E-state index in [0.29, 0.717) is 12.5 Å². The Balaban J connectivity index is 1.99. The van der Waals surface area contributed by atoms with Gasteiger partial charge in [-0.3, -0.25) is 4.79 Å². The molecule has 33 heavy (non-hydrogen) atoms. The van der Waals surface area contributed by atoms with Crippen molar-refractivity contribution in [2.24, 2.45) is 0 Å². The van der Waals surface area contributed by atoms with Gasteiger partial charge < -0.3 is 9.64 Å². The van der Waals surface area contributed by atoms with Crippen molar-refractivity contribution in [2.45, 2.75) is 43.4 Å². The van der Waals surface area contributed by atoms with Gasteiger partial charge in [-0.05, 0) is 48.4 Å². The molecular weight excluding hydrogens is 500 g/mol. The minimum Gasteiger partial charge on any atom is -0.480 e. The second-order valence-corrected chi connectivity index (χ2v) is 9.91. The number of ether oxygens (including phenoxy) is 1. The first-order valence-corrected chi connectivity index (χ1v) is 11.5. The fourth-order valence-electron chi connectivity index (χ4n) is 3.22. The summed E-state index contributed by atoms with van der Waals surface area (Å²) in [6, 6.07) is 4.70. The Labute approximate surface area is 189 Å². The lowest BCUT2D eigenvalue weighted by Gasteiger charge is -2.22. The summed E-state index contributed by atoms with van der Waals surface area (Å²) < 4.78 is 107. The second kappa shape index (κ2) is 8.39. The molecule has 2 aromatic rings. The summed E-state index contributed by atoms with van der Waals surface area (Å²) in [4.78, 5) is 13.9. The Bertz CT molecular complexity index is 1210. The maximum Gasteiger partial charge on any atom is 0.425 e. The minimum atomic E-state index is -4.76. The maximum atomic E-state index is 13.1. The van der Waals surface area contributed by atoms with Crippen molar-refractivity contribution in [2.75, 3.05) is 6.26 Å². The minimum absolute atomic E-state index is 0.158. The zero-order valence-electron chi connectivity index (χ0n) is 17.0. The number of hydrogen-bond donors (Lipinski definition) is 0. The van der Waals surface area contributed by atoms with Crippen LogP contribution in [0.2, 0.25) is 5.02 Å². The highest BCUT2D eigenvalue weighted by Crippen LogP contribution is 2.39. The van der Waals surface area contributed by atoms with Gasteiger partial charge in [0.2, 0.25) is 0 Å². The molecule has 2 aromatic carbocycles. The monoisotopic (exact) mass is 515 g/mol. The summed E-state index contributed by atoms with van der Waals surface area (Å²) in [6.45, 7) is 0.250. The van der Waals surface area contributed by atoms with Crippen molar-refractivity contribution >= 4 is 27.3 Å². The van der Waals surface area contributed by atoms with Gasteiger partial charge in [0.15, 0.2) is 15.9 Å². The zero-order chi connectivity index (χ0) is 24.9. The average Bonchev–Trinajstić information content (AvgIpc) is 3.07. The van der Waals surface area contributed by atoms with Gasteiger partial charge in [0.05, 0.1) is 21.0 Å². The maximum absolute atomic E-state index is 13.1. The van der Waals surface area contributed by atoms with Crippen LogP contribution >= 0.6 is 11.6 Å². The number of alkyl halides is 6. The van der Waals surface area contributed by atoms with Crippen molar-refractivity contribution in [1.29, 1.82) is 0 Å². The molecule has 0 aliphatic carbocycles. The smallest absolute Gasteiger partial charge is 0.425 e. The lowest BCUT2D eigenvalue weighted by atomic mass is 10.1. The Morgan fingerprint density at radius 1 is 1.06 bits per heavy atom. The van der Waals surface area contributed by atoms with E-state index in [4.69, 9.17) is 16.3 Å². The summed E-state index contributed by atoms with van der Waals surface area (Å²) in [6.07, 6.45) is -10.9. The van der Waals surface area contributed by atoms with Crippen LogP contribution < -0.4 is 4.74 Å². The van der Waals surface area contributed by atoms with Gasteiger partial charge in [0.25, 0.3) is 5.91 Å². The van der Waals surface area contributed by atoms with E-state index >= 15 is 0 Å². The van der Waals surface area contributed by atoms with E-state index < -0.39 is 56.1 Å². The van der Waals surface area contributed by atoms with Crippen LogP contribution in [0.5, 0.6) is 5.75 Å². The molecule has 1 aliphatic heterocycles. The largest absolute Gasteiger partial charge is 0.480 e. The third-order valence-electron chi connectivity index (χ3n) is 4.98. The fourth-order valence-corrected chi connectivity index (χ4v) is 4.16. The highest BCUT2D eigenvalue weighted by atomic mass is 35.5. The first-order valence-electron chi connectivity index (χ1n) is 9.23. The van der Waals surface area contributed by atoms with Crippen LogP contribution in [0.3, 0.4) is 0 Å². The van der Waals surface area contributed by atoms with Gasteiger partial charge in [0.1, 0.15) is 5.75 Å². The SMILES string of the molecule is C[C@H](Oc1ccc(S(C)(=O)=O)cc1C(=O)N1Cc2cc(Cl)c(C(F)(F)F)cc2C1)C(F)(F)F. The topological polar surface area (TPSA) is 63.7 Å². The van der Waals surface area contributed by atoms with Crippen LogP contribution in [-0.4, -0.2) is 37.8 Å². The molecule has 0 saturated heterocycles. The van der Waals surface area contributed by atoms with Gasteiger partial charge in [0, 0.05) is 19.3 Å². The molecule has 0 unspecified atom stereocenters. The lowest BCUT2D eigenvalue weighted by molar-refractivity contribution is -0.189. The molecule has 0 aromatic heterocycles. The molecule has 0 bridgehead atoms. The zero-order valence-corrected chi connectivity index (χ0v) is 18.6. The standard InChI is InChI=1S/C20H16ClF6NO4S/c1-10(19(22,23)24)32-17-4-3-13(33(2,30)31)7-14(17)18(29)28-8-11-5-15(20(25,26)27)16(21)6-12(11)9-28/h3-7,10H,8-9H2,1-2H3/t10-/m0/s1. The number of benzene rings is 2. The van der Waals surface area contributed by atoms with E-state index in [0.717, 1.165) is 41.5 Å². The molecule has 3 rings (SSSR count). The van der Waals surface area contributed by atoms with Gasteiger partial charge in [-0.2, -0.15) is 26.3 Å². The number of rotatable bonds is 4. The van der Waals surface area contributed by atoms with Crippen LogP contribution in [0.25, 0.3) is 0 Å². The normalized spacial score (nSPS) is 15.4. The molecule has 1 aliphatic rings. The van der Waals surface area contributed by atoms with Crippen LogP contribution in [0.4, 0.5) is 26.3 Å². The molecule has 5 nitrogen and oxygen atoms in total. The Kier molecular flexibility index (Phi) is 6.40. The fraction of sp³-hybridized carbons (Fsp3) is 0.350. The molecule has 1 amide bonds. The number of carbonyl (C=O) groups excluding carboxylic acids is 1. The highest BCUT2D eigenvalue weighted by molar-refractivity contribution is 7.90. The number of nitrogens with zero attached hydrogens (tertiary/aromatic N) is 1. The van der Waals surface area contributed by atoms with Crippen LogP contribution in [0.1, 0.15) is 34.0 Å². The summed E-state index contributed by atoms with van der Waals surface area (Å²) >= 11 is 5.72. The number of sulfone groups is 1. The van der Waals surface area contributed by atoms with E-state index in [1.807, 2.05) is 0 Å². The van der Waals surface area contributed by atoms with Crippen LogP contribution in [-0.2, 0) is 29.1 Å². The molecule has 13 heteroatoms. The lowest BCUT2D eigenvalue weighted by Crippen LogP contribution is -2.32. The molecule has 1 heterocycles. The van der Waals surface area contributed by atoms with Crippen molar-refractivity contribution in [3.63, 3.8) is 0 Å². The van der Waals surface area contributed by atoms with Gasteiger partial charge >= 0.3 is 12.4 Å². The van der Waals surface area contributed by atoms with Gasteiger partial charge in [-0.15, -0.1) is 0 Å². The summed E-state index contributed by atoms with van der Waals surface area (Å²) in [5.41, 5.74) is -1.07. The van der Waals surface area contributed by atoms with Gasteiger partial charge in [-0.1, -0.05) is 11.6 Å². The third kappa shape index (κ3) is 5.37. The van der Waals surface area contributed by atoms with Crippen molar-refractivity contribution in [1.82, 2.24) is 4.90 Å². The predicted molar refractivity (Wildman–Crippen MR) is 106 cm³/mol. The van der Waals surface area contributed by atoms with Crippen molar-refractivity contribution < 1.29 is 44.3 Å². The number of amides is 1. The quantitative estimate of drug-likeness (QED) is 0.522. The summed E-state index contributed by atoms with van der Waals surface area (Å²) in [7, 11) is -3.83. The number of halogens is 7. The molecule has 180 valence electrons. The van der Waals surface area contributed by atoms with E-state index in [9.17, 15) is 39.6 Å². The molecule has 0 saturated carbocycles. The third-order valence-corrected chi connectivity index (χ3v) is 6.40. The Morgan fingerprint density at radius 3 is 2.15 bits per heavy atom. The predicted octanol–water partition coefficient (Wildman–Crippen LogP) is 5.25. The first kappa shape index (κ1) is 25.2. The average molecular weight is 516 g/mol. The van der Waals surface area contributed by atoms with Gasteiger partial charge in [-0.25, -0.2) is 8.42 Å². The molecule has 0 spiro atoms. The van der Waals surface area contributed by atoms with Crippen molar-refractivity contribution in [3.05, 3.63) is 57.6 Å². The van der Waals surface area contributed by atoms with E-state index in [1.54, 1.807) is 0 Å². The second-order valence-electron chi connectivity index (χ2n) is 7.49. The number of hydrogen-bond acceptors (Lipinski definition) is 4. The molecule has 1 atom stereocenters. The molecular formula is C20H16ClF6NO4S. The Hall–Kier alpha value is -2.47. The van der Waals surface area contributed by atoms with E-state index in [-0.39, 0.29) is 23.5 Å². The summed E-state index contributed by atoms with van der Waals surface area (Å²) in [5.74, 6) is -1.42. The molecule has 0 N–H and O–H groups in total. The van der Waals surface area contributed by atoms with Crippen LogP contribution in [0.15, 0.2) is 35.2 Å². The number of fused-ring (bicyclic) bond motifs is 1. The summed E-state index contributed by atoms with van der Waals surface area (Å²) in [5, 5.41) is -0.558. The van der Waals surface area contributed by atoms with E-state index in [1.165, 1.54) is 0 Å². The van der Waals surface area contributed by atoms with E-state index in [2.05, 4.69) is 0 Å². The molecule has 0 radical (unpaired) electrons. The highest BCUT2D eigenvalue weighted by Gasteiger charge is 2.39.